The first-order valence-corrected chi connectivity index (χ1v) is 15.9. The van der Waals surface area contributed by atoms with Crippen LogP contribution in [-0.2, 0) is 10.0 Å². The molecule has 7 rings (SSSR count). The molecule has 3 aromatic rings. The second-order valence-electron chi connectivity index (χ2n) is 12.9. The lowest BCUT2D eigenvalue weighted by atomic mass is 9.47. The molecule has 0 saturated heterocycles. The molecule has 8 heteroatoms. The maximum atomic E-state index is 13.2. The van der Waals surface area contributed by atoms with Gasteiger partial charge in [-0.15, -0.1) is 0 Å². The molecule has 1 aromatic carbocycles. The highest BCUT2D eigenvalue weighted by Gasteiger charge is 2.57. The number of imidazole rings is 1. The largest absolute Gasteiger partial charge is 0.360 e. The second-order valence-corrected chi connectivity index (χ2v) is 14.5. The van der Waals surface area contributed by atoms with Gasteiger partial charge in [0.1, 0.15) is 16.9 Å². The predicted octanol–water partition coefficient (Wildman–Crippen LogP) is 6.40. The number of aryl methyl sites for hydroxylation is 2. The van der Waals surface area contributed by atoms with E-state index in [9.17, 15) is 8.42 Å². The molecule has 0 aliphatic heterocycles. The first-order valence-electron chi connectivity index (χ1n) is 14.4. The number of hydrogen-bond donors (Lipinski definition) is 1. The fourth-order valence-corrected chi connectivity index (χ4v) is 10.6. The molecule has 0 bridgehead atoms. The summed E-state index contributed by atoms with van der Waals surface area (Å²) in [6.45, 7) is 8.29. The summed E-state index contributed by atoms with van der Waals surface area (Å²) < 4.78 is 36.9. The number of hydrogen-bond acceptors (Lipinski definition) is 5. The standard InChI is InChI=1S/C31H38N4O3S/c1-19-29(20(2)38-33-19)39(36,37)34-22-13-15-30(3)21(17-22)9-10-23-24-11-12-28(31(24,4)16-14-25(23)30)35-18-32-26-7-5-6-8-27(26)35/h5-9,12,18,22-25,34H,10-11,13-17H2,1-4H3/t22-,23-,24-,25-,30-,31-/m0/s1. The molecule has 0 radical (unpaired) electrons. The number of fused-ring (bicyclic) bond motifs is 6. The smallest absolute Gasteiger partial charge is 0.246 e. The van der Waals surface area contributed by atoms with Crippen molar-refractivity contribution in [3.05, 3.63) is 59.8 Å². The summed E-state index contributed by atoms with van der Waals surface area (Å²) in [7, 11) is -3.67. The van der Waals surface area contributed by atoms with Crippen LogP contribution in [0.25, 0.3) is 16.7 Å². The highest BCUT2D eigenvalue weighted by molar-refractivity contribution is 7.89. The number of rotatable bonds is 4. The Bertz CT molecular complexity index is 1610. The fraction of sp³-hybridized carbons (Fsp3) is 0.548. The Morgan fingerprint density at radius 2 is 1.82 bits per heavy atom. The Kier molecular flexibility index (Phi) is 5.60. The first kappa shape index (κ1) is 25.3. The van der Waals surface area contributed by atoms with Crippen molar-refractivity contribution in [3.63, 3.8) is 0 Å². The average Bonchev–Trinajstić information content (AvgIpc) is 3.58. The molecule has 0 spiro atoms. The molecule has 6 atom stereocenters. The summed E-state index contributed by atoms with van der Waals surface area (Å²) in [5.41, 5.74) is 5.84. The highest BCUT2D eigenvalue weighted by atomic mass is 32.2. The van der Waals surface area contributed by atoms with Crippen molar-refractivity contribution in [3.8, 4) is 0 Å². The summed E-state index contributed by atoms with van der Waals surface area (Å²) in [6.07, 6.45) is 14.3. The number of nitrogens with one attached hydrogen (secondary N) is 1. The van der Waals surface area contributed by atoms with Gasteiger partial charge in [0.05, 0.1) is 11.0 Å². The summed E-state index contributed by atoms with van der Waals surface area (Å²) >= 11 is 0. The normalized spacial score (nSPS) is 34.3. The molecule has 2 fully saturated rings. The van der Waals surface area contributed by atoms with Crippen LogP contribution in [0.1, 0.15) is 70.2 Å². The van der Waals surface area contributed by atoms with Gasteiger partial charge in [-0.25, -0.2) is 18.1 Å². The van der Waals surface area contributed by atoms with E-state index < -0.39 is 10.0 Å². The zero-order valence-corrected chi connectivity index (χ0v) is 24.1. The van der Waals surface area contributed by atoms with Crippen LogP contribution < -0.4 is 4.72 Å². The predicted molar refractivity (Wildman–Crippen MR) is 151 cm³/mol. The molecule has 2 aromatic heterocycles. The molecule has 2 heterocycles. The number of nitrogens with zero attached hydrogens (tertiary/aromatic N) is 3. The lowest BCUT2D eigenvalue weighted by Crippen LogP contribution is -2.51. The van der Waals surface area contributed by atoms with E-state index in [1.54, 1.807) is 13.8 Å². The summed E-state index contributed by atoms with van der Waals surface area (Å²) in [5, 5.41) is 3.85. The van der Waals surface area contributed by atoms with Crippen molar-refractivity contribution in [1.29, 1.82) is 0 Å². The van der Waals surface area contributed by atoms with E-state index >= 15 is 0 Å². The van der Waals surface area contributed by atoms with Gasteiger partial charge in [-0.3, -0.25) is 0 Å². The highest BCUT2D eigenvalue weighted by Crippen LogP contribution is 2.65. The summed E-state index contributed by atoms with van der Waals surface area (Å²) in [6, 6.07) is 8.34. The SMILES string of the molecule is Cc1noc(C)c1S(=O)(=O)N[C@H]1CC[C@@]2(C)C(=CC[C@@H]3[C@@H]2CC[C@]2(C)C(n4cnc5ccccc54)=CC[C@@H]32)C1. The Morgan fingerprint density at radius 1 is 1.03 bits per heavy atom. The second kappa shape index (κ2) is 8.64. The first-order chi connectivity index (χ1) is 18.6. The van der Waals surface area contributed by atoms with Crippen LogP contribution in [0.15, 0.2) is 57.7 Å². The van der Waals surface area contributed by atoms with Crippen LogP contribution in [0, 0.1) is 42.4 Å². The summed E-state index contributed by atoms with van der Waals surface area (Å²) in [4.78, 5) is 4.88. The Morgan fingerprint density at radius 3 is 2.62 bits per heavy atom. The van der Waals surface area contributed by atoms with Crippen molar-refractivity contribution < 1.29 is 12.9 Å². The number of para-hydroxylation sites is 2. The van der Waals surface area contributed by atoms with Crippen LogP contribution in [0.3, 0.4) is 0 Å². The van der Waals surface area contributed by atoms with Crippen LogP contribution in [0.2, 0.25) is 0 Å². The molecule has 7 nitrogen and oxygen atoms in total. The number of benzene rings is 1. The van der Waals surface area contributed by atoms with Crippen molar-refractivity contribution in [2.75, 3.05) is 0 Å². The molecule has 2 saturated carbocycles. The number of sulfonamides is 1. The average molecular weight is 547 g/mol. The molecule has 39 heavy (non-hydrogen) atoms. The third-order valence-electron chi connectivity index (χ3n) is 10.9. The van der Waals surface area contributed by atoms with Crippen molar-refractivity contribution in [1.82, 2.24) is 19.4 Å². The van der Waals surface area contributed by atoms with E-state index in [1.807, 2.05) is 6.33 Å². The van der Waals surface area contributed by atoms with Gasteiger partial charge < -0.3 is 9.09 Å². The maximum Gasteiger partial charge on any atom is 0.246 e. The van der Waals surface area contributed by atoms with Crippen molar-refractivity contribution >= 4 is 26.8 Å². The monoisotopic (exact) mass is 546 g/mol. The minimum atomic E-state index is -3.67. The van der Waals surface area contributed by atoms with Gasteiger partial charge >= 0.3 is 0 Å². The van der Waals surface area contributed by atoms with Crippen molar-refractivity contribution in [2.24, 2.45) is 28.6 Å². The van der Waals surface area contributed by atoms with Gasteiger partial charge in [-0.05, 0) is 94.1 Å². The van der Waals surface area contributed by atoms with E-state index in [-0.39, 0.29) is 21.8 Å². The van der Waals surface area contributed by atoms with E-state index in [2.05, 4.69) is 64.7 Å². The molecule has 4 aliphatic carbocycles. The van der Waals surface area contributed by atoms with E-state index in [1.165, 1.54) is 29.6 Å². The lowest BCUT2D eigenvalue weighted by molar-refractivity contribution is -0.0131. The molecule has 0 unspecified atom stereocenters. The molecule has 206 valence electrons. The van der Waals surface area contributed by atoms with Gasteiger partial charge in [0, 0.05) is 17.2 Å². The minimum absolute atomic E-state index is 0.0947. The Balaban J connectivity index is 1.13. The molecule has 0 amide bonds. The topological polar surface area (TPSA) is 90.0 Å². The number of aromatic nitrogens is 3. The van der Waals surface area contributed by atoms with Gasteiger partial charge in [-0.2, -0.15) is 0 Å². The molecule has 1 N–H and O–H groups in total. The van der Waals surface area contributed by atoms with E-state index in [0.29, 0.717) is 29.2 Å². The van der Waals surface area contributed by atoms with Gasteiger partial charge in [-0.1, -0.05) is 48.9 Å². The Hall–Kier alpha value is -2.71. The minimum Gasteiger partial charge on any atom is -0.360 e. The van der Waals surface area contributed by atoms with E-state index in [4.69, 9.17) is 9.51 Å². The zero-order valence-electron chi connectivity index (χ0n) is 23.3. The molecule has 4 aliphatic rings. The third-order valence-corrected chi connectivity index (χ3v) is 12.7. The lowest BCUT2D eigenvalue weighted by Gasteiger charge is -2.58. The summed E-state index contributed by atoms with van der Waals surface area (Å²) in [5.74, 6) is 2.26. The van der Waals surface area contributed by atoms with Crippen LogP contribution in [-0.4, -0.2) is 29.2 Å². The molecular formula is C31H38N4O3S. The van der Waals surface area contributed by atoms with Gasteiger partial charge in [0.15, 0.2) is 5.76 Å². The van der Waals surface area contributed by atoms with Crippen LogP contribution >= 0.6 is 0 Å². The van der Waals surface area contributed by atoms with Crippen LogP contribution in [0.4, 0.5) is 0 Å². The van der Waals surface area contributed by atoms with Gasteiger partial charge in [0.25, 0.3) is 0 Å². The number of allylic oxidation sites excluding steroid dienone is 3. The third kappa shape index (κ3) is 3.67. The zero-order chi connectivity index (χ0) is 27.2. The Labute approximate surface area is 230 Å². The quantitative estimate of drug-likeness (QED) is 0.382. The van der Waals surface area contributed by atoms with Gasteiger partial charge in [0.2, 0.25) is 10.0 Å². The van der Waals surface area contributed by atoms with Crippen LogP contribution in [0.5, 0.6) is 0 Å². The van der Waals surface area contributed by atoms with E-state index in [0.717, 1.165) is 37.6 Å². The fourth-order valence-electron chi connectivity index (χ4n) is 8.97. The maximum absolute atomic E-state index is 13.2. The molecular weight excluding hydrogens is 508 g/mol. The van der Waals surface area contributed by atoms with Crippen molar-refractivity contribution in [2.45, 2.75) is 83.6 Å².